The highest BCUT2D eigenvalue weighted by atomic mass is 127. The summed E-state index contributed by atoms with van der Waals surface area (Å²) >= 11 is 3.49. The summed E-state index contributed by atoms with van der Waals surface area (Å²) in [5.41, 5.74) is 2.17. The second-order valence-electron chi connectivity index (χ2n) is 8.48. The van der Waals surface area contributed by atoms with Crippen molar-refractivity contribution in [2.75, 3.05) is 20.3 Å². The Morgan fingerprint density at radius 1 is 1.16 bits per heavy atom. The van der Waals surface area contributed by atoms with Crippen molar-refractivity contribution in [1.29, 1.82) is 5.41 Å². The van der Waals surface area contributed by atoms with Crippen LogP contribution in [0.3, 0.4) is 0 Å². The van der Waals surface area contributed by atoms with Gasteiger partial charge in [-0.2, -0.15) is 15.1 Å². The van der Waals surface area contributed by atoms with E-state index in [1.165, 1.54) is 22.3 Å². The minimum atomic E-state index is -0.458. The van der Waals surface area contributed by atoms with E-state index in [2.05, 4.69) is 58.7 Å². The molecule has 194 valence electrons. The largest absolute Gasteiger partial charge is 0.493 e. The number of carbonyl (C=O) groups is 1. The van der Waals surface area contributed by atoms with Gasteiger partial charge < -0.3 is 14.2 Å². The highest BCUT2D eigenvalue weighted by Gasteiger charge is 2.35. The quantitative estimate of drug-likeness (QED) is 0.188. The second-order valence-corrected chi connectivity index (χ2v) is 10.7. The first-order valence-corrected chi connectivity index (χ1v) is 14.0. The van der Waals surface area contributed by atoms with E-state index >= 15 is 0 Å². The van der Waals surface area contributed by atoms with Gasteiger partial charge in [-0.15, -0.1) is 0 Å². The van der Waals surface area contributed by atoms with Crippen LogP contribution in [-0.4, -0.2) is 47.3 Å². The van der Waals surface area contributed by atoms with Crippen molar-refractivity contribution in [3.63, 3.8) is 0 Å². The third-order valence-corrected chi connectivity index (χ3v) is 7.88. The number of benzene rings is 2. The molecule has 0 aliphatic carbocycles. The average Bonchev–Trinajstić information content (AvgIpc) is 3.32. The number of hydrogen-bond donors (Lipinski definition) is 1. The topological polar surface area (TPSA) is 96.6 Å². The number of halogens is 1. The van der Waals surface area contributed by atoms with Gasteiger partial charge in [0.1, 0.15) is 24.0 Å². The Kier molecular flexibility index (Phi) is 8.91. The molecule has 0 saturated carbocycles. The number of hydrazone groups is 1. The van der Waals surface area contributed by atoms with E-state index < -0.39 is 5.91 Å². The van der Waals surface area contributed by atoms with Crippen LogP contribution in [0.4, 0.5) is 0 Å². The number of amidine groups is 2. The van der Waals surface area contributed by atoms with Gasteiger partial charge in [0.2, 0.25) is 5.17 Å². The van der Waals surface area contributed by atoms with Crippen molar-refractivity contribution in [3.05, 3.63) is 56.7 Å². The maximum atomic E-state index is 12.7. The standard InChI is InChI=1S/C27H29IN4O4S/c1-5-16(3)18-7-9-19(10-8-18)35-11-12-36-24-21(28)14-17(15-22(24)34-4)13-20-25(29)32-27(30-26(20)33)37-23(6-2)31-32/h7-10,13-16,29H,5-6,11-12H2,1-4H3/b20-13+,29-25?/t16-/m0/s1. The van der Waals surface area contributed by atoms with E-state index in [4.69, 9.17) is 19.6 Å². The van der Waals surface area contributed by atoms with E-state index in [0.29, 0.717) is 47.8 Å². The molecule has 2 aromatic carbocycles. The van der Waals surface area contributed by atoms with Crippen molar-refractivity contribution in [2.45, 2.75) is 39.5 Å². The van der Waals surface area contributed by atoms with Gasteiger partial charge in [-0.3, -0.25) is 10.2 Å². The molecule has 2 aliphatic heterocycles. The van der Waals surface area contributed by atoms with Gasteiger partial charge in [0.05, 0.1) is 16.3 Å². The molecule has 0 bridgehead atoms. The van der Waals surface area contributed by atoms with Gasteiger partial charge in [-0.1, -0.05) is 32.9 Å². The zero-order valence-electron chi connectivity index (χ0n) is 21.2. The van der Waals surface area contributed by atoms with Gasteiger partial charge in [0.15, 0.2) is 17.3 Å². The lowest BCUT2D eigenvalue weighted by atomic mass is 9.99. The Balaban J connectivity index is 1.43. The maximum absolute atomic E-state index is 12.7. The molecule has 0 saturated heterocycles. The fourth-order valence-corrected chi connectivity index (χ4v) is 5.34. The summed E-state index contributed by atoms with van der Waals surface area (Å²) in [5, 5.41) is 15.5. The first-order valence-electron chi connectivity index (χ1n) is 12.1. The molecule has 2 aromatic rings. The van der Waals surface area contributed by atoms with Crippen LogP contribution in [0.15, 0.2) is 52.1 Å². The van der Waals surface area contributed by atoms with Gasteiger partial charge in [-0.05, 0) is 94.6 Å². The molecule has 2 heterocycles. The normalized spacial score (nSPS) is 16.9. The summed E-state index contributed by atoms with van der Waals surface area (Å²) < 4.78 is 18.2. The smallest absolute Gasteiger partial charge is 0.283 e. The number of rotatable bonds is 10. The SMILES string of the molecule is CCC1=NN2C(=N)/C(=C\c3cc(I)c(OCCOc4ccc([C@@H](C)CC)cc4)c(OC)c3)C(=O)N=C2S1. The monoisotopic (exact) mass is 632 g/mol. The predicted molar refractivity (Wildman–Crippen MR) is 157 cm³/mol. The summed E-state index contributed by atoms with van der Waals surface area (Å²) in [7, 11) is 1.57. The van der Waals surface area contributed by atoms with E-state index in [9.17, 15) is 4.79 Å². The molecule has 0 unspecified atom stereocenters. The molecule has 10 heteroatoms. The van der Waals surface area contributed by atoms with Crippen LogP contribution in [0.25, 0.3) is 6.08 Å². The molecule has 0 spiro atoms. The minimum absolute atomic E-state index is 0.00887. The summed E-state index contributed by atoms with van der Waals surface area (Å²) in [6.07, 6.45) is 3.45. The van der Waals surface area contributed by atoms with Crippen LogP contribution in [0.5, 0.6) is 17.2 Å². The lowest BCUT2D eigenvalue weighted by Gasteiger charge is -2.20. The van der Waals surface area contributed by atoms with Crippen LogP contribution in [0, 0.1) is 8.98 Å². The van der Waals surface area contributed by atoms with Crippen LogP contribution < -0.4 is 14.2 Å². The van der Waals surface area contributed by atoms with Crippen molar-refractivity contribution in [3.8, 4) is 17.2 Å². The number of aliphatic imine (C=N–C) groups is 1. The highest BCUT2D eigenvalue weighted by molar-refractivity contribution is 14.1. The molecule has 1 atom stereocenters. The number of fused-ring (bicyclic) bond motifs is 1. The lowest BCUT2D eigenvalue weighted by Crippen LogP contribution is -2.35. The van der Waals surface area contributed by atoms with Gasteiger partial charge in [-0.25, -0.2) is 0 Å². The number of thioether (sulfide) groups is 1. The first kappa shape index (κ1) is 27.2. The number of nitrogens with one attached hydrogen (secondary N) is 1. The molecular formula is C27H29IN4O4S. The first-order chi connectivity index (χ1) is 17.8. The maximum Gasteiger partial charge on any atom is 0.283 e. The van der Waals surface area contributed by atoms with Gasteiger partial charge >= 0.3 is 0 Å². The van der Waals surface area contributed by atoms with E-state index in [1.54, 1.807) is 19.3 Å². The van der Waals surface area contributed by atoms with E-state index in [1.807, 2.05) is 25.1 Å². The summed E-state index contributed by atoms with van der Waals surface area (Å²) in [5.74, 6) is 2.00. The summed E-state index contributed by atoms with van der Waals surface area (Å²) in [6, 6.07) is 11.8. The van der Waals surface area contributed by atoms with Gasteiger partial charge in [0.25, 0.3) is 5.91 Å². The molecule has 0 radical (unpaired) electrons. The Morgan fingerprint density at radius 2 is 1.89 bits per heavy atom. The molecule has 8 nitrogen and oxygen atoms in total. The lowest BCUT2D eigenvalue weighted by molar-refractivity contribution is -0.114. The molecule has 2 aliphatic rings. The number of ether oxygens (including phenoxy) is 3. The fourth-order valence-electron chi connectivity index (χ4n) is 3.74. The third kappa shape index (κ3) is 6.18. The van der Waals surface area contributed by atoms with Crippen LogP contribution in [0.1, 0.15) is 50.7 Å². The molecule has 1 N–H and O–H groups in total. The Bertz CT molecular complexity index is 1290. The van der Waals surface area contributed by atoms with Crippen molar-refractivity contribution in [2.24, 2.45) is 10.1 Å². The average molecular weight is 633 g/mol. The third-order valence-electron chi connectivity index (χ3n) is 6.02. The number of amides is 1. The van der Waals surface area contributed by atoms with Crippen molar-refractivity contribution >= 4 is 62.4 Å². The molecule has 4 rings (SSSR count). The van der Waals surface area contributed by atoms with E-state index in [-0.39, 0.29) is 11.4 Å². The number of nitrogens with zero attached hydrogens (tertiary/aromatic N) is 3. The van der Waals surface area contributed by atoms with Crippen LogP contribution in [0.2, 0.25) is 0 Å². The van der Waals surface area contributed by atoms with Crippen molar-refractivity contribution < 1.29 is 19.0 Å². The summed E-state index contributed by atoms with van der Waals surface area (Å²) in [6.45, 7) is 7.09. The molecular weight excluding hydrogens is 603 g/mol. The Morgan fingerprint density at radius 3 is 2.57 bits per heavy atom. The molecule has 1 amide bonds. The predicted octanol–water partition coefficient (Wildman–Crippen LogP) is 6.30. The fraction of sp³-hybridized carbons (Fsp3) is 0.333. The molecule has 0 fully saturated rings. The van der Waals surface area contributed by atoms with E-state index in [0.717, 1.165) is 20.8 Å². The minimum Gasteiger partial charge on any atom is -0.493 e. The second kappa shape index (κ2) is 12.1. The van der Waals surface area contributed by atoms with Crippen LogP contribution in [-0.2, 0) is 4.79 Å². The number of carbonyl (C=O) groups excluding carboxylic acids is 1. The highest BCUT2D eigenvalue weighted by Crippen LogP contribution is 2.36. The van der Waals surface area contributed by atoms with Crippen molar-refractivity contribution in [1.82, 2.24) is 5.01 Å². The number of hydrogen-bond acceptors (Lipinski definition) is 7. The molecule has 0 aromatic heterocycles. The zero-order chi connectivity index (χ0) is 26.5. The van der Waals surface area contributed by atoms with Gasteiger partial charge in [0, 0.05) is 0 Å². The van der Waals surface area contributed by atoms with Crippen LogP contribution >= 0.6 is 34.4 Å². The number of methoxy groups -OCH3 is 1. The molecule has 37 heavy (non-hydrogen) atoms. The Hall–Kier alpha value is -2.86. The zero-order valence-corrected chi connectivity index (χ0v) is 24.2. The summed E-state index contributed by atoms with van der Waals surface area (Å²) in [4.78, 5) is 16.8. The Labute approximate surface area is 234 Å².